The van der Waals surface area contributed by atoms with Crippen molar-refractivity contribution >= 4 is 35.4 Å². The molecule has 1 aliphatic heterocycles. The van der Waals surface area contributed by atoms with Gasteiger partial charge in [0.05, 0.1) is 5.54 Å². The number of guanidine groups is 1. The summed E-state index contributed by atoms with van der Waals surface area (Å²) in [6.07, 6.45) is 1.05. The van der Waals surface area contributed by atoms with Gasteiger partial charge in [0.1, 0.15) is 12.1 Å². The second-order valence-electron chi connectivity index (χ2n) is 10.8. The molecule has 12 nitrogen and oxygen atoms in total. The average molecular weight is 572 g/mol. The molecule has 0 aromatic heterocycles. The fourth-order valence-corrected chi connectivity index (χ4v) is 4.48. The van der Waals surface area contributed by atoms with Gasteiger partial charge in [-0.05, 0) is 38.2 Å². The van der Waals surface area contributed by atoms with E-state index in [1.807, 2.05) is 0 Å². The van der Waals surface area contributed by atoms with Crippen LogP contribution < -0.4 is 32.3 Å². The monoisotopic (exact) mass is 571 g/mol. The topological polar surface area (TPSA) is 184 Å². The lowest BCUT2D eigenvalue weighted by molar-refractivity contribution is -0.137. The molecule has 0 aliphatic carbocycles. The maximum Gasteiger partial charge on any atom is 0.247 e. The van der Waals surface area contributed by atoms with Gasteiger partial charge in [0.15, 0.2) is 11.7 Å². The van der Waals surface area contributed by atoms with Crippen molar-refractivity contribution in [3.63, 3.8) is 0 Å². The van der Waals surface area contributed by atoms with Crippen molar-refractivity contribution in [2.24, 2.45) is 22.6 Å². The highest BCUT2D eigenvalue weighted by atomic mass is 16.2. The summed E-state index contributed by atoms with van der Waals surface area (Å²) in [5, 5.41) is 14.2. The van der Waals surface area contributed by atoms with Crippen molar-refractivity contribution in [3.8, 4) is 0 Å². The van der Waals surface area contributed by atoms with Gasteiger partial charge < -0.3 is 32.3 Å². The van der Waals surface area contributed by atoms with Gasteiger partial charge in [-0.3, -0.25) is 29.0 Å². The van der Waals surface area contributed by atoms with E-state index >= 15 is 0 Å². The van der Waals surface area contributed by atoms with Crippen LogP contribution in [0.15, 0.2) is 35.3 Å². The van der Waals surface area contributed by atoms with Crippen LogP contribution in [0, 0.1) is 11.8 Å². The van der Waals surface area contributed by atoms with E-state index in [1.165, 1.54) is 0 Å². The molecule has 1 aliphatic rings. The molecular formula is C29H45N7O5. The molecule has 4 atom stereocenters. The number of hydrogen-bond acceptors (Lipinski definition) is 6. The Hall–Kier alpha value is -3.96. The molecule has 1 aromatic rings. The molecule has 2 rings (SSSR count). The van der Waals surface area contributed by atoms with Gasteiger partial charge in [-0.15, -0.1) is 0 Å². The van der Waals surface area contributed by atoms with E-state index in [1.54, 1.807) is 65.1 Å². The Bertz CT molecular complexity index is 1110. The quantitative estimate of drug-likeness (QED) is 0.151. The Balaban J connectivity index is 2.43. The molecule has 226 valence electrons. The summed E-state index contributed by atoms with van der Waals surface area (Å²) >= 11 is 0. The first-order valence-corrected chi connectivity index (χ1v) is 14.2. The van der Waals surface area contributed by atoms with Crippen LogP contribution in [0.25, 0.3) is 0 Å². The van der Waals surface area contributed by atoms with Crippen LogP contribution in [-0.4, -0.2) is 67.1 Å². The van der Waals surface area contributed by atoms with Crippen LogP contribution in [0.1, 0.15) is 71.4 Å². The van der Waals surface area contributed by atoms with Gasteiger partial charge >= 0.3 is 0 Å². The number of ketones is 1. The average Bonchev–Trinajstić information content (AvgIpc) is 2.95. The van der Waals surface area contributed by atoms with E-state index in [2.05, 4.69) is 31.6 Å². The highest BCUT2D eigenvalue weighted by Gasteiger charge is 2.38. The molecule has 0 unspecified atom stereocenters. The number of aliphatic imine (C=N–C) groups is 1. The normalized spacial score (nSPS) is 25.0. The van der Waals surface area contributed by atoms with Gasteiger partial charge in [-0.1, -0.05) is 51.1 Å². The zero-order valence-electron chi connectivity index (χ0n) is 24.7. The number of hydrogen-bond donors (Lipinski definition) is 6. The molecule has 7 N–H and O–H groups in total. The molecule has 41 heavy (non-hydrogen) atoms. The number of nitrogens with two attached hydrogens (primary N) is 1. The minimum Gasteiger partial charge on any atom is -0.370 e. The zero-order chi connectivity index (χ0) is 30.6. The third-order valence-corrected chi connectivity index (χ3v) is 7.27. The third-order valence-electron chi connectivity index (χ3n) is 7.27. The van der Waals surface area contributed by atoms with Crippen molar-refractivity contribution in [2.45, 2.75) is 77.4 Å². The van der Waals surface area contributed by atoms with Gasteiger partial charge in [0.2, 0.25) is 23.6 Å². The van der Waals surface area contributed by atoms with Crippen LogP contribution in [0.3, 0.4) is 0 Å². The lowest BCUT2D eigenvalue weighted by atomic mass is 9.84. The molecule has 1 saturated heterocycles. The van der Waals surface area contributed by atoms with Gasteiger partial charge in [0, 0.05) is 38.4 Å². The highest BCUT2D eigenvalue weighted by molar-refractivity contribution is 5.97. The predicted molar refractivity (Wildman–Crippen MR) is 156 cm³/mol. The molecule has 0 radical (unpaired) electrons. The van der Waals surface area contributed by atoms with Gasteiger partial charge in [0.25, 0.3) is 0 Å². The fraction of sp³-hybridized carbons (Fsp3) is 0.586. The first-order chi connectivity index (χ1) is 19.4. The van der Waals surface area contributed by atoms with E-state index < -0.39 is 41.3 Å². The fourth-order valence-electron chi connectivity index (χ4n) is 4.48. The smallest absolute Gasteiger partial charge is 0.247 e. The summed E-state index contributed by atoms with van der Waals surface area (Å²) in [6.45, 7) is 7.31. The second-order valence-corrected chi connectivity index (χ2v) is 10.8. The molecule has 4 amide bonds. The largest absolute Gasteiger partial charge is 0.370 e. The molecule has 1 heterocycles. The Morgan fingerprint density at radius 1 is 1.10 bits per heavy atom. The van der Waals surface area contributed by atoms with Crippen LogP contribution in [0.5, 0.6) is 0 Å². The summed E-state index contributed by atoms with van der Waals surface area (Å²) in [6, 6.07) is 6.83. The minimum atomic E-state index is -1.33. The maximum atomic E-state index is 13.7. The van der Waals surface area contributed by atoms with E-state index in [0.717, 1.165) is 0 Å². The summed E-state index contributed by atoms with van der Waals surface area (Å²) in [4.78, 5) is 70.3. The number of rotatable bonds is 8. The standard InChI is InChI=1S/C29H45N7O5/c1-6-21-26(40)35-23(19-11-8-7-9-12-19)27(41)32-16-14-29(4,36-24(38)18(2)3)22(37)17-20(25(39)34-21)13-10-15-33-28(30)31-5/h7-9,11-12,18,20-21,23H,6,10,13-17H2,1-5H3,(H,32,41)(H,34,39)(H,35,40)(H,36,38)(H3,30,31,33)/t20-,21+,23-,29-/m1/s1. The zero-order valence-corrected chi connectivity index (χ0v) is 24.7. The highest BCUT2D eigenvalue weighted by Crippen LogP contribution is 2.22. The van der Waals surface area contributed by atoms with Crippen molar-refractivity contribution < 1.29 is 24.0 Å². The Labute approximate surface area is 242 Å². The van der Waals surface area contributed by atoms with Gasteiger partial charge in [-0.25, -0.2) is 0 Å². The van der Waals surface area contributed by atoms with Crippen molar-refractivity contribution in [3.05, 3.63) is 35.9 Å². The Morgan fingerprint density at radius 3 is 2.39 bits per heavy atom. The Kier molecular flexibility index (Phi) is 12.8. The number of carbonyl (C=O) groups excluding carboxylic acids is 5. The number of carbonyl (C=O) groups is 5. The molecular weight excluding hydrogens is 526 g/mol. The lowest BCUT2D eigenvalue weighted by Gasteiger charge is -2.33. The second kappa shape index (κ2) is 15.7. The lowest BCUT2D eigenvalue weighted by Crippen LogP contribution is -2.57. The molecule has 0 bridgehead atoms. The third kappa shape index (κ3) is 9.87. The number of amides is 4. The van der Waals surface area contributed by atoms with E-state index in [-0.39, 0.29) is 49.4 Å². The molecule has 12 heteroatoms. The van der Waals surface area contributed by atoms with E-state index in [0.29, 0.717) is 24.9 Å². The maximum absolute atomic E-state index is 13.7. The van der Waals surface area contributed by atoms with E-state index in [4.69, 9.17) is 5.73 Å². The van der Waals surface area contributed by atoms with Crippen molar-refractivity contribution in [1.82, 2.24) is 26.6 Å². The number of nitrogens with one attached hydrogen (secondary N) is 5. The molecule has 1 aromatic carbocycles. The first kappa shape index (κ1) is 33.2. The Morgan fingerprint density at radius 2 is 1.78 bits per heavy atom. The SMILES string of the molecule is CC[C@@H]1NC(=O)[C@H](CCCNC(N)=NC)CC(=O)[C@](C)(NC(=O)C(C)C)CCNC(=O)[C@@H](c2ccccc2)NC1=O. The van der Waals surface area contributed by atoms with E-state index in [9.17, 15) is 24.0 Å². The minimum absolute atomic E-state index is 0.0618. The first-order valence-electron chi connectivity index (χ1n) is 14.2. The molecule has 0 spiro atoms. The summed E-state index contributed by atoms with van der Waals surface area (Å²) in [7, 11) is 1.55. The summed E-state index contributed by atoms with van der Waals surface area (Å²) in [5.74, 6) is -2.94. The summed E-state index contributed by atoms with van der Waals surface area (Å²) < 4.78 is 0. The van der Waals surface area contributed by atoms with Crippen LogP contribution in [-0.2, 0) is 24.0 Å². The molecule has 0 saturated carbocycles. The number of benzene rings is 1. The number of Topliss-reactive ketones (excluding diaryl/α,β-unsaturated/α-hetero) is 1. The van der Waals surface area contributed by atoms with Crippen LogP contribution >= 0.6 is 0 Å². The molecule has 1 fully saturated rings. The number of nitrogens with zero attached hydrogens (tertiary/aromatic N) is 1. The van der Waals surface area contributed by atoms with Crippen LogP contribution in [0.4, 0.5) is 0 Å². The predicted octanol–water partition coefficient (Wildman–Crippen LogP) is 0.679. The van der Waals surface area contributed by atoms with Gasteiger partial charge in [-0.2, -0.15) is 0 Å². The van der Waals surface area contributed by atoms with Crippen LogP contribution in [0.2, 0.25) is 0 Å². The summed E-state index contributed by atoms with van der Waals surface area (Å²) in [5.41, 5.74) is 4.94. The van der Waals surface area contributed by atoms with Crippen molar-refractivity contribution in [1.29, 1.82) is 0 Å². The van der Waals surface area contributed by atoms with Crippen molar-refractivity contribution in [2.75, 3.05) is 20.1 Å².